The second kappa shape index (κ2) is 5.58. The van der Waals surface area contributed by atoms with Crippen LogP contribution in [0.5, 0.6) is 6.01 Å². The van der Waals surface area contributed by atoms with Crippen molar-refractivity contribution in [3.05, 3.63) is 50.3 Å². The van der Waals surface area contributed by atoms with Crippen molar-refractivity contribution in [2.24, 2.45) is 0 Å². The van der Waals surface area contributed by atoms with Crippen LogP contribution in [0.1, 0.15) is 5.56 Å². The molecule has 1 heterocycles. The highest BCUT2D eigenvalue weighted by Gasteiger charge is 1.98. The quantitative estimate of drug-likeness (QED) is 0.753. The standard InChI is InChI=1S/C11H8BrIN2O/c12-9-3-1-8(2-4-9)7-16-11-14-5-10(13)6-15-11/h1-6H,7H2. The summed E-state index contributed by atoms with van der Waals surface area (Å²) in [5.41, 5.74) is 1.09. The lowest BCUT2D eigenvalue weighted by atomic mass is 10.2. The number of benzene rings is 1. The fourth-order valence-electron chi connectivity index (χ4n) is 1.10. The first-order chi connectivity index (χ1) is 7.74. The average Bonchev–Trinajstić information content (AvgIpc) is 2.30. The molecule has 2 rings (SSSR count). The predicted molar refractivity (Wildman–Crippen MR) is 73.2 cm³/mol. The minimum absolute atomic E-state index is 0.406. The normalized spacial score (nSPS) is 10.1. The molecule has 0 saturated heterocycles. The molecule has 0 radical (unpaired) electrons. The lowest BCUT2D eigenvalue weighted by molar-refractivity contribution is 0.280. The zero-order valence-corrected chi connectivity index (χ0v) is 12.0. The average molecular weight is 391 g/mol. The van der Waals surface area contributed by atoms with E-state index in [-0.39, 0.29) is 0 Å². The van der Waals surface area contributed by atoms with Gasteiger partial charge in [0.15, 0.2) is 0 Å². The van der Waals surface area contributed by atoms with Crippen molar-refractivity contribution in [2.75, 3.05) is 0 Å². The van der Waals surface area contributed by atoms with Gasteiger partial charge in [-0.3, -0.25) is 0 Å². The number of hydrogen-bond donors (Lipinski definition) is 0. The molecule has 3 nitrogen and oxygen atoms in total. The molecule has 16 heavy (non-hydrogen) atoms. The van der Waals surface area contributed by atoms with E-state index in [1.807, 2.05) is 24.3 Å². The van der Waals surface area contributed by atoms with Crippen LogP contribution >= 0.6 is 38.5 Å². The fraction of sp³-hybridized carbons (Fsp3) is 0.0909. The Morgan fingerprint density at radius 2 is 1.75 bits per heavy atom. The van der Waals surface area contributed by atoms with Gasteiger partial charge in [-0.15, -0.1) is 0 Å². The van der Waals surface area contributed by atoms with E-state index in [0.717, 1.165) is 13.6 Å². The molecule has 2 aromatic rings. The van der Waals surface area contributed by atoms with E-state index < -0.39 is 0 Å². The summed E-state index contributed by atoms with van der Waals surface area (Å²) >= 11 is 5.54. The monoisotopic (exact) mass is 390 g/mol. The van der Waals surface area contributed by atoms with Crippen molar-refractivity contribution in [1.29, 1.82) is 0 Å². The molecule has 0 amide bonds. The van der Waals surface area contributed by atoms with Crippen LogP contribution in [0.3, 0.4) is 0 Å². The topological polar surface area (TPSA) is 35.0 Å². The Morgan fingerprint density at radius 1 is 1.12 bits per heavy atom. The van der Waals surface area contributed by atoms with Crippen molar-refractivity contribution in [2.45, 2.75) is 6.61 Å². The van der Waals surface area contributed by atoms with E-state index in [4.69, 9.17) is 4.74 Å². The number of halogens is 2. The molecular formula is C11H8BrIN2O. The Labute approximate surface area is 116 Å². The maximum Gasteiger partial charge on any atom is 0.316 e. The lowest BCUT2D eigenvalue weighted by Crippen LogP contribution is -1.99. The van der Waals surface area contributed by atoms with E-state index in [2.05, 4.69) is 48.5 Å². The van der Waals surface area contributed by atoms with Gasteiger partial charge in [-0.1, -0.05) is 28.1 Å². The summed E-state index contributed by atoms with van der Waals surface area (Å²) < 4.78 is 7.50. The van der Waals surface area contributed by atoms with Crippen molar-refractivity contribution < 1.29 is 4.74 Å². The number of rotatable bonds is 3. The molecule has 0 N–H and O–H groups in total. The summed E-state index contributed by atoms with van der Waals surface area (Å²) in [5.74, 6) is 0. The second-order valence-corrected chi connectivity index (χ2v) is 5.26. The highest BCUT2D eigenvalue weighted by atomic mass is 127. The molecule has 0 aliphatic heterocycles. The highest BCUT2D eigenvalue weighted by molar-refractivity contribution is 14.1. The molecule has 5 heteroatoms. The third-order valence-corrected chi connectivity index (χ3v) is 2.96. The minimum atomic E-state index is 0.406. The van der Waals surface area contributed by atoms with Crippen LogP contribution < -0.4 is 4.74 Å². The third-order valence-electron chi connectivity index (χ3n) is 1.88. The van der Waals surface area contributed by atoms with Crippen molar-refractivity contribution in [1.82, 2.24) is 9.97 Å². The maximum atomic E-state index is 5.45. The fourth-order valence-corrected chi connectivity index (χ4v) is 1.65. The van der Waals surface area contributed by atoms with Gasteiger partial charge in [0.25, 0.3) is 0 Å². The van der Waals surface area contributed by atoms with Gasteiger partial charge in [0.1, 0.15) is 6.61 Å². The lowest BCUT2D eigenvalue weighted by Gasteiger charge is -2.04. The first-order valence-corrected chi connectivity index (χ1v) is 6.46. The zero-order chi connectivity index (χ0) is 11.4. The molecule has 0 fully saturated rings. The first-order valence-electron chi connectivity index (χ1n) is 4.59. The van der Waals surface area contributed by atoms with E-state index in [1.54, 1.807) is 12.4 Å². The molecule has 0 atom stereocenters. The van der Waals surface area contributed by atoms with Gasteiger partial charge >= 0.3 is 6.01 Å². The summed E-state index contributed by atoms with van der Waals surface area (Å²) in [6.07, 6.45) is 3.45. The van der Waals surface area contributed by atoms with Gasteiger partial charge in [0.05, 0.1) is 0 Å². The van der Waals surface area contributed by atoms with Gasteiger partial charge in [0, 0.05) is 20.4 Å². The maximum absolute atomic E-state index is 5.45. The molecular weight excluding hydrogens is 383 g/mol. The van der Waals surface area contributed by atoms with Crippen LogP contribution in [0.4, 0.5) is 0 Å². The SMILES string of the molecule is Brc1ccc(COc2ncc(I)cn2)cc1. The van der Waals surface area contributed by atoms with Gasteiger partial charge in [-0.2, -0.15) is 0 Å². The number of hydrogen-bond acceptors (Lipinski definition) is 3. The van der Waals surface area contributed by atoms with Crippen LogP contribution in [0.2, 0.25) is 0 Å². The van der Waals surface area contributed by atoms with Crippen molar-refractivity contribution in [3.63, 3.8) is 0 Å². The summed E-state index contributed by atoms with van der Waals surface area (Å²) in [6.45, 7) is 0.480. The molecule has 1 aromatic carbocycles. The summed E-state index contributed by atoms with van der Waals surface area (Å²) in [7, 11) is 0. The second-order valence-electron chi connectivity index (χ2n) is 3.10. The molecule has 0 spiro atoms. The van der Waals surface area contributed by atoms with E-state index in [9.17, 15) is 0 Å². The summed E-state index contributed by atoms with van der Waals surface area (Å²) in [4.78, 5) is 8.12. The Kier molecular flexibility index (Phi) is 4.11. The largest absolute Gasteiger partial charge is 0.459 e. The van der Waals surface area contributed by atoms with Crippen LogP contribution in [-0.4, -0.2) is 9.97 Å². The Balaban J connectivity index is 1.97. The molecule has 1 aromatic heterocycles. The van der Waals surface area contributed by atoms with E-state index in [0.29, 0.717) is 12.6 Å². The van der Waals surface area contributed by atoms with Gasteiger partial charge in [-0.25, -0.2) is 9.97 Å². The molecule has 0 saturated carbocycles. The van der Waals surface area contributed by atoms with E-state index >= 15 is 0 Å². The third kappa shape index (κ3) is 3.41. The number of aromatic nitrogens is 2. The molecule has 0 unspecified atom stereocenters. The molecule has 0 aliphatic carbocycles. The van der Waals surface area contributed by atoms with E-state index in [1.165, 1.54) is 0 Å². The van der Waals surface area contributed by atoms with Crippen molar-refractivity contribution >= 4 is 38.5 Å². The predicted octanol–water partition coefficient (Wildman–Crippen LogP) is 3.42. The van der Waals surface area contributed by atoms with Gasteiger partial charge in [-0.05, 0) is 40.3 Å². The smallest absolute Gasteiger partial charge is 0.316 e. The van der Waals surface area contributed by atoms with Crippen LogP contribution in [0.25, 0.3) is 0 Å². The Morgan fingerprint density at radius 3 is 2.38 bits per heavy atom. The molecule has 82 valence electrons. The zero-order valence-electron chi connectivity index (χ0n) is 8.23. The Bertz CT molecular complexity index is 413. The van der Waals surface area contributed by atoms with Crippen LogP contribution in [0, 0.1) is 3.57 Å². The summed E-state index contributed by atoms with van der Waals surface area (Å²) in [5, 5.41) is 0. The first kappa shape index (κ1) is 11.8. The number of nitrogens with zero attached hydrogens (tertiary/aromatic N) is 2. The summed E-state index contributed by atoms with van der Waals surface area (Å²) in [6, 6.07) is 8.36. The molecule has 0 aliphatic rings. The highest BCUT2D eigenvalue weighted by Crippen LogP contribution is 2.12. The van der Waals surface area contributed by atoms with Crippen LogP contribution in [-0.2, 0) is 6.61 Å². The Hall–Kier alpha value is -0.690. The minimum Gasteiger partial charge on any atom is -0.459 e. The van der Waals surface area contributed by atoms with Gasteiger partial charge in [0.2, 0.25) is 0 Å². The van der Waals surface area contributed by atoms with Crippen molar-refractivity contribution in [3.8, 4) is 6.01 Å². The van der Waals surface area contributed by atoms with Gasteiger partial charge < -0.3 is 4.74 Å². The van der Waals surface area contributed by atoms with Crippen LogP contribution in [0.15, 0.2) is 41.1 Å². The number of ether oxygens (including phenoxy) is 1. The molecule has 0 bridgehead atoms.